The summed E-state index contributed by atoms with van der Waals surface area (Å²) in [6.07, 6.45) is 1.82. The molecule has 0 spiro atoms. The van der Waals surface area contributed by atoms with E-state index in [4.69, 9.17) is 8.83 Å². The van der Waals surface area contributed by atoms with E-state index in [2.05, 4.69) is 59.6 Å². The molecule has 0 amide bonds. The first-order valence-electron chi connectivity index (χ1n) is 10.6. The third kappa shape index (κ3) is 2.45. The van der Waals surface area contributed by atoms with Crippen LogP contribution in [-0.4, -0.2) is 4.98 Å². The Bertz CT molecular complexity index is 1760. The Balaban J connectivity index is 1.55. The fourth-order valence-electron chi connectivity index (χ4n) is 4.67. The van der Waals surface area contributed by atoms with E-state index < -0.39 is 0 Å². The molecule has 4 aromatic carbocycles. The number of furan rings is 2. The highest BCUT2D eigenvalue weighted by molar-refractivity contribution is 6.28. The second kappa shape index (κ2) is 6.56. The number of fused-ring (bicyclic) bond motifs is 7. The smallest absolute Gasteiger partial charge is 0.144 e. The monoisotopic (exact) mass is 411 g/mol. The molecule has 0 aliphatic carbocycles. The minimum atomic E-state index is 0.869. The van der Waals surface area contributed by atoms with Crippen molar-refractivity contribution >= 4 is 43.9 Å². The topological polar surface area (TPSA) is 39.2 Å². The Hall–Kier alpha value is -4.37. The lowest BCUT2D eigenvalue weighted by Crippen LogP contribution is -1.84. The van der Waals surface area contributed by atoms with E-state index in [0.29, 0.717) is 0 Å². The van der Waals surface area contributed by atoms with Gasteiger partial charge in [-0.2, -0.15) is 0 Å². The van der Waals surface area contributed by atoms with Crippen molar-refractivity contribution < 1.29 is 8.83 Å². The molecule has 0 fully saturated rings. The fraction of sp³-hybridized carbons (Fsp3) is 0. The molecule has 0 aliphatic rings. The van der Waals surface area contributed by atoms with Gasteiger partial charge >= 0.3 is 0 Å². The van der Waals surface area contributed by atoms with Gasteiger partial charge < -0.3 is 8.83 Å². The highest BCUT2D eigenvalue weighted by Gasteiger charge is 2.20. The fourth-order valence-corrected chi connectivity index (χ4v) is 4.67. The predicted molar refractivity (Wildman–Crippen MR) is 130 cm³/mol. The van der Waals surface area contributed by atoms with E-state index in [9.17, 15) is 0 Å². The van der Waals surface area contributed by atoms with E-state index in [1.807, 2.05) is 48.7 Å². The molecule has 3 aromatic heterocycles. The number of pyridine rings is 1. The average molecular weight is 411 g/mol. The van der Waals surface area contributed by atoms with Crippen molar-refractivity contribution in [1.29, 1.82) is 0 Å². The van der Waals surface area contributed by atoms with Gasteiger partial charge in [-0.15, -0.1) is 0 Å². The number of hydrogen-bond donors (Lipinski definition) is 0. The maximum atomic E-state index is 6.43. The Morgan fingerprint density at radius 3 is 1.94 bits per heavy atom. The lowest BCUT2D eigenvalue weighted by atomic mass is 9.97. The first-order chi connectivity index (χ1) is 15.9. The quantitative estimate of drug-likeness (QED) is 0.288. The Morgan fingerprint density at radius 1 is 0.531 bits per heavy atom. The van der Waals surface area contributed by atoms with Crippen LogP contribution < -0.4 is 0 Å². The van der Waals surface area contributed by atoms with Crippen LogP contribution in [0.2, 0.25) is 0 Å². The molecule has 32 heavy (non-hydrogen) atoms. The molecule has 0 aliphatic heterocycles. The van der Waals surface area contributed by atoms with Crippen LogP contribution in [0.5, 0.6) is 0 Å². The van der Waals surface area contributed by atoms with Crippen molar-refractivity contribution in [3.05, 3.63) is 103 Å². The van der Waals surface area contributed by atoms with Crippen molar-refractivity contribution in [3.8, 4) is 22.4 Å². The normalized spacial score (nSPS) is 11.8. The molecule has 7 aromatic rings. The van der Waals surface area contributed by atoms with Gasteiger partial charge in [-0.05, 0) is 35.9 Å². The van der Waals surface area contributed by atoms with Crippen LogP contribution in [0.3, 0.4) is 0 Å². The maximum absolute atomic E-state index is 6.43. The van der Waals surface area contributed by atoms with Gasteiger partial charge in [0.2, 0.25) is 0 Å². The number of benzene rings is 4. The highest BCUT2D eigenvalue weighted by Crippen LogP contribution is 2.44. The summed E-state index contributed by atoms with van der Waals surface area (Å²) in [5, 5.41) is 4.42. The van der Waals surface area contributed by atoms with Crippen LogP contribution in [-0.2, 0) is 0 Å². The molecule has 150 valence electrons. The van der Waals surface area contributed by atoms with Crippen molar-refractivity contribution in [2.75, 3.05) is 0 Å². The molecule has 7 rings (SSSR count). The number of rotatable bonds is 2. The van der Waals surface area contributed by atoms with Crippen molar-refractivity contribution in [2.24, 2.45) is 0 Å². The van der Waals surface area contributed by atoms with E-state index in [0.717, 1.165) is 66.3 Å². The van der Waals surface area contributed by atoms with E-state index in [1.54, 1.807) is 0 Å². The van der Waals surface area contributed by atoms with Gasteiger partial charge in [0.15, 0.2) is 0 Å². The minimum Gasteiger partial charge on any atom is -0.456 e. The summed E-state index contributed by atoms with van der Waals surface area (Å²) in [7, 11) is 0. The van der Waals surface area contributed by atoms with E-state index >= 15 is 0 Å². The highest BCUT2D eigenvalue weighted by atomic mass is 16.3. The largest absolute Gasteiger partial charge is 0.456 e. The molecule has 0 atom stereocenters. The van der Waals surface area contributed by atoms with Crippen molar-refractivity contribution in [3.63, 3.8) is 0 Å². The molecule has 3 heteroatoms. The number of nitrogens with zero attached hydrogens (tertiary/aromatic N) is 1. The second-order valence-electron chi connectivity index (χ2n) is 7.99. The standard InChI is InChI=1S/C29H17NO2/c1-3-10-24-20(7-1)27-26(31-24)17-22(29-28(27)21-8-2-4-11-25(21)32-29)18-12-14-19(15-13-18)23-9-5-6-16-30-23/h1-17H. The molecule has 0 bridgehead atoms. The Kier molecular flexibility index (Phi) is 3.55. The lowest BCUT2D eigenvalue weighted by Gasteiger charge is -2.06. The zero-order valence-corrected chi connectivity index (χ0v) is 17.1. The SMILES string of the molecule is c1ccc(-c2ccc(-c3cc4oc5ccccc5c4c4c3oc3ccccc34)cc2)nc1. The van der Waals surface area contributed by atoms with Crippen molar-refractivity contribution in [1.82, 2.24) is 4.98 Å². The van der Waals surface area contributed by atoms with Gasteiger partial charge in [0.25, 0.3) is 0 Å². The zero-order valence-electron chi connectivity index (χ0n) is 17.1. The van der Waals surface area contributed by atoms with Gasteiger partial charge in [0.1, 0.15) is 22.3 Å². The van der Waals surface area contributed by atoms with Gasteiger partial charge in [0.05, 0.1) is 5.69 Å². The second-order valence-corrected chi connectivity index (χ2v) is 7.99. The van der Waals surface area contributed by atoms with Crippen LogP contribution >= 0.6 is 0 Å². The van der Waals surface area contributed by atoms with Crippen LogP contribution in [0.1, 0.15) is 0 Å². The summed E-state index contributed by atoms with van der Waals surface area (Å²) < 4.78 is 12.7. The first kappa shape index (κ1) is 17.3. The third-order valence-electron chi connectivity index (χ3n) is 6.14. The first-order valence-corrected chi connectivity index (χ1v) is 10.6. The molecule has 0 saturated carbocycles. The van der Waals surface area contributed by atoms with Gasteiger partial charge in [-0.3, -0.25) is 4.98 Å². The molecule has 0 saturated heterocycles. The molecular formula is C29H17NO2. The number of para-hydroxylation sites is 2. The summed E-state index contributed by atoms with van der Waals surface area (Å²) in [5.41, 5.74) is 7.67. The summed E-state index contributed by atoms with van der Waals surface area (Å²) >= 11 is 0. The van der Waals surface area contributed by atoms with Crippen LogP contribution in [0.4, 0.5) is 0 Å². The van der Waals surface area contributed by atoms with Crippen molar-refractivity contribution in [2.45, 2.75) is 0 Å². The Morgan fingerprint density at radius 2 is 1.19 bits per heavy atom. The third-order valence-corrected chi connectivity index (χ3v) is 6.14. The van der Waals surface area contributed by atoms with Gasteiger partial charge in [-0.1, -0.05) is 66.7 Å². The van der Waals surface area contributed by atoms with E-state index in [1.165, 1.54) is 0 Å². The predicted octanol–water partition coefficient (Wildman–Crippen LogP) is 8.21. The van der Waals surface area contributed by atoms with Gasteiger partial charge in [0, 0.05) is 38.9 Å². The molecule has 0 N–H and O–H groups in total. The number of aromatic nitrogens is 1. The van der Waals surface area contributed by atoms with Crippen LogP contribution in [0.25, 0.3) is 66.3 Å². The Labute approximate surface area is 183 Å². The maximum Gasteiger partial charge on any atom is 0.144 e. The molecule has 3 heterocycles. The van der Waals surface area contributed by atoms with Gasteiger partial charge in [-0.25, -0.2) is 0 Å². The minimum absolute atomic E-state index is 0.869. The van der Waals surface area contributed by atoms with Crippen LogP contribution in [0, 0.1) is 0 Å². The summed E-state index contributed by atoms with van der Waals surface area (Å²) in [4.78, 5) is 4.46. The summed E-state index contributed by atoms with van der Waals surface area (Å²) in [6.45, 7) is 0. The summed E-state index contributed by atoms with van der Waals surface area (Å²) in [5.74, 6) is 0. The molecular weight excluding hydrogens is 394 g/mol. The molecule has 0 radical (unpaired) electrons. The molecule has 3 nitrogen and oxygen atoms in total. The van der Waals surface area contributed by atoms with Crippen LogP contribution in [0.15, 0.2) is 112 Å². The molecule has 0 unspecified atom stereocenters. The zero-order chi connectivity index (χ0) is 21.1. The average Bonchev–Trinajstić information content (AvgIpc) is 3.42. The van der Waals surface area contributed by atoms with E-state index in [-0.39, 0.29) is 0 Å². The summed E-state index contributed by atoms with van der Waals surface area (Å²) in [6, 6.07) is 32.9. The lowest BCUT2D eigenvalue weighted by molar-refractivity contribution is 0.664. The number of hydrogen-bond acceptors (Lipinski definition) is 3.